The fraction of sp³-hybridized carbons (Fsp3) is 0.529. The molecule has 1 saturated carbocycles. The normalized spacial score (nSPS) is 15.5. The lowest BCUT2D eigenvalue weighted by atomic mass is 9.96. The van der Waals surface area contributed by atoms with Gasteiger partial charge in [-0.15, -0.1) is 0 Å². The topological polar surface area (TPSA) is 79.0 Å². The molecule has 0 spiro atoms. The number of aromatic nitrogens is 2. The van der Waals surface area contributed by atoms with Gasteiger partial charge < -0.3 is 20.4 Å². The Hall–Kier alpha value is -2.24. The minimum atomic E-state index is -0.0744. The summed E-state index contributed by atoms with van der Waals surface area (Å²) in [7, 11) is 1.65. The Morgan fingerprint density at radius 3 is 2.96 bits per heavy atom. The fourth-order valence-corrected chi connectivity index (χ4v) is 3.06. The Kier molecular flexibility index (Phi) is 5.00. The second-order valence-corrected chi connectivity index (χ2v) is 6.05. The Labute approximate surface area is 136 Å². The zero-order valence-corrected chi connectivity index (χ0v) is 13.5. The summed E-state index contributed by atoms with van der Waals surface area (Å²) < 4.78 is 5.20. The minimum Gasteiger partial charge on any atom is -0.497 e. The second-order valence-electron chi connectivity index (χ2n) is 6.05. The number of rotatable bonds is 5. The molecule has 1 aromatic heterocycles. The molecule has 2 amide bonds. The van der Waals surface area contributed by atoms with Gasteiger partial charge in [0.15, 0.2) is 0 Å². The van der Waals surface area contributed by atoms with E-state index in [0.717, 1.165) is 35.4 Å². The Bertz CT molecular complexity index is 662. The van der Waals surface area contributed by atoms with Crippen LogP contribution in [-0.4, -0.2) is 35.7 Å². The van der Waals surface area contributed by atoms with Crippen molar-refractivity contribution in [1.29, 1.82) is 0 Å². The van der Waals surface area contributed by atoms with Crippen molar-refractivity contribution in [2.75, 3.05) is 13.7 Å². The van der Waals surface area contributed by atoms with Crippen LogP contribution in [0.25, 0.3) is 11.0 Å². The summed E-state index contributed by atoms with van der Waals surface area (Å²) in [6.07, 6.45) is 6.59. The molecule has 1 aliphatic rings. The summed E-state index contributed by atoms with van der Waals surface area (Å²) >= 11 is 0. The molecule has 1 fully saturated rings. The van der Waals surface area contributed by atoms with Crippen LogP contribution in [0.15, 0.2) is 18.2 Å². The summed E-state index contributed by atoms with van der Waals surface area (Å²) in [5.41, 5.74) is 1.86. The first kappa shape index (κ1) is 15.6. The van der Waals surface area contributed by atoms with Crippen LogP contribution in [0.3, 0.4) is 0 Å². The van der Waals surface area contributed by atoms with Crippen LogP contribution >= 0.6 is 0 Å². The van der Waals surface area contributed by atoms with E-state index < -0.39 is 0 Å². The maximum atomic E-state index is 11.9. The van der Waals surface area contributed by atoms with Gasteiger partial charge in [-0.2, -0.15) is 0 Å². The summed E-state index contributed by atoms with van der Waals surface area (Å²) in [4.78, 5) is 19.7. The molecule has 1 aromatic carbocycles. The van der Waals surface area contributed by atoms with Gasteiger partial charge >= 0.3 is 6.03 Å². The lowest BCUT2D eigenvalue weighted by molar-refractivity contribution is 0.233. The zero-order chi connectivity index (χ0) is 16.1. The molecule has 23 heavy (non-hydrogen) atoms. The van der Waals surface area contributed by atoms with Crippen molar-refractivity contribution in [2.45, 2.75) is 44.6 Å². The molecule has 0 unspecified atom stereocenters. The largest absolute Gasteiger partial charge is 0.497 e. The number of benzene rings is 1. The number of nitrogens with one attached hydrogen (secondary N) is 3. The summed E-state index contributed by atoms with van der Waals surface area (Å²) in [6.45, 7) is 0.565. The van der Waals surface area contributed by atoms with Gasteiger partial charge in [0.1, 0.15) is 11.6 Å². The van der Waals surface area contributed by atoms with Crippen LogP contribution in [0.5, 0.6) is 5.75 Å². The quantitative estimate of drug-likeness (QED) is 0.793. The number of fused-ring (bicyclic) bond motifs is 1. The lowest BCUT2D eigenvalue weighted by Crippen LogP contribution is -2.43. The van der Waals surface area contributed by atoms with Crippen LogP contribution in [-0.2, 0) is 6.42 Å². The number of methoxy groups -OCH3 is 1. The maximum Gasteiger partial charge on any atom is 0.315 e. The molecule has 0 aliphatic heterocycles. The third-order valence-electron chi connectivity index (χ3n) is 4.33. The Balaban J connectivity index is 1.47. The number of imidazole rings is 1. The average Bonchev–Trinajstić information content (AvgIpc) is 2.97. The average molecular weight is 316 g/mol. The molecular formula is C17H24N4O2. The maximum absolute atomic E-state index is 11.9. The summed E-state index contributed by atoms with van der Waals surface area (Å²) in [5, 5.41) is 5.96. The number of hydrogen-bond acceptors (Lipinski definition) is 3. The molecule has 6 nitrogen and oxygen atoms in total. The highest BCUT2D eigenvalue weighted by atomic mass is 16.5. The third kappa shape index (κ3) is 4.15. The van der Waals surface area contributed by atoms with Gasteiger partial charge in [0.05, 0.1) is 18.1 Å². The van der Waals surface area contributed by atoms with Crippen molar-refractivity contribution in [2.24, 2.45) is 0 Å². The van der Waals surface area contributed by atoms with E-state index in [2.05, 4.69) is 20.6 Å². The first-order valence-corrected chi connectivity index (χ1v) is 8.31. The van der Waals surface area contributed by atoms with Gasteiger partial charge in [0, 0.05) is 25.1 Å². The predicted molar refractivity (Wildman–Crippen MR) is 89.8 cm³/mol. The van der Waals surface area contributed by atoms with Crippen LogP contribution in [0, 0.1) is 0 Å². The van der Waals surface area contributed by atoms with Crippen molar-refractivity contribution in [3.05, 3.63) is 24.0 Å². The number of amides is 2. The summed E-state index contributed by atoms with van der Waals surface area (Å²) in [5.74, 6) is 1.67. The number of hydrogen-bond donors (Lipinski definition) is 3. The second kappa shape index (κ2) is 7.35. The number of nitrogens with zero attached hydrogens (tertiary/aromatic N) is 1. The van der Waals surface area contributed by atoms with Crippen LogP contribution < -0.4 is 15.4 Å². The first-order valence-electron chi connectivity index (χ1n) is 8.31. The minimum absolute atomic E-state index is 0.0744. The number of carbonyl (C=O) groups is 1. The van der Waals surface area contributed by atoms with Crippen molar-refractivity contribution >= 4 is 17.1 Å². The van der Waals surface area contributed by atoms with Crippen LogP contribution in [0.4, 0.5) is 4.79 Å². The summed E-state index contributed by atoms with van der Waals surface area (Å²) in [6, 6.07) is 6.01. The monoisotopic (exact) mass is 316 g/mol. The molecule has 3 N–H and O–H groups in total. The molecule has 0 radical (unpaired) electrons. The molecule has 2 aromatic rings. The van der Waals surface area contributed by atoms with Crippen molar-refractivity contribution < 1.29 is 9.53 Å². The molecule has 6 heteroatoms. The standard InChI is InChI=1S/C17H24N4O2/c1-23-13-7-8-14-15(11-13)21-16(20-14)9-10-18-17(22)19-12-5-3-2-4-6-12/h7-8,11-12H,2-6,9-10H2,1H3,(H,20,21)(H2,18,19,22). The lowest BCUT2D eigenvalue weighted by Gasteiger charge is -2.22. The van der Waals surface area contributed by atoms with Crippen molar-refractivity contribution in [3.8, 4) is 5.75 Å². The molecule has 1 aliphatic carbocycles. The van der Waals surface area contributed by atoms with E-state index >= 15 is 0 Å². The van der Waals surface area contributed by atoms with E-state index in [1.54, 1.807) is 7.11 Å². The van der Waals surface area contributed by atoms with E-state index in [1.165, 1.54) is 19.3 Å². The van der Waals surface area contributed by atoms with E-state index in [-0.39, 0.29) is 6.03 Å². The first-order chi connectivity index (χ1) is 11.2. The van der Waals surface area contributed by atoms with Gasteiger partial charge in [-0.05, 0) is 25.0 Å². The van der Waals surface area contributed by atoms with Gasteiger partial charge in [-0.25, -0.2) is 9.78 Å². The third-order valence-corrected chi connectivity index (χ3v) is 4.33. The fourth-order valence-electron chi connectivity index (χ4n) is 3.06. The number of ether oxygens (including phenoxy) is 1. The highest BCUT2D eigenvalue weighted by molar-refractivity contribution is 5.77. The highest BCUT2D eigenvalue weighted by Gasteiger charge is 2.15. The van der Waals surface area contributed by atoms with Gasteiger partial charge in [0.2, 0.25) is 0 Å². The van der Waals surface area contributed by atoms with Crippen molar-refractivity contribution in [3.63, 3.8) is 0 Å². The zero-order valence-electron chi connectivity index (χ0n) is 13.5. The van der Waals surface area contributed by atoms with E-state index in [1.807, 2.05) is 18.2 Å². The molecular weight excluding hydrogens is 292 g/mol. The number of urea groups is 1. The number of carbonyl (C=O) groups excluding carboxylic acids is 1. The van der Waals surface area contributed by atoms with Gasteiger partial charge in [0.25, 0.3) is 0 Å². The molecule has 124 valence electrons. The van der Waals surface area contributed by atoms with E-state index in [0.29, 0.717) is 19.0 Å². The molecule has 0 bridgehead atoms. The molecule has 3 rings (SSSR count). The van der Waals surface area contributed by atoms with Crippen molar-refractivity contribution in [1.82, 2.24) is 20.6 Å². The van der Waals surface area contributed by atoms with Crippen LogP contribution in [0.2, 0.25) is 0 Å². The van der Waals surface area contributed by atoms with Gasteiger partial charge in [-0.1, -0.05) is 19.3 Å². The number of aromatic amines is 1. The Morgan fingerprint density at radius 1 is 1.35 bits per heavy atom. The molecule has 0 atom stereocenters. The molecule has 1 heterocycles. The highest BCUT2D eigenvalue weighted by Crippen LogP contribution is 2.19. The number of H-pyrrole nitrogens is 1. The predicted octanol–water partition coefficient (Wildman–Crippen LogP) is 2.75. The smallest absolute Gasteiger partial charge is 0.315 e. The van der Waals surface area contributed by atoms with E-state index in [9.17, 15) is 4.79 Å². The van der Waals surface area contributed by atoms with E-state index in [4.69, 9.17) is 4.74 Å². The van der Waals surface area contributed by atoms with Crippen LogP contribution in [0.1, 0.15) is 37.9 Å². The van der Waals surface area contributed by atoms with Gasteiger partial charge in [-0.3, -0.25) is 0 Å². The Morgan fingerprint density at radius 2 is 2.17 bits per heavy atom. The molecule has 0 saturated heterocycles. The SMILES string of the molecule is COc1ccc2nc(CCNC(=O)NC3CCCCC3)[nH]c2c1.